The molecule has 5 rings (SSSR count). The molecule has 0 radical (unpaired) electrons. The van der Waals surface area contributed by atoms with Gasteiger partial charge in [-0.3, -0.25) is 9.59 Å². The Kier molecular flexibility index (Phi) is 4.68. The summed E-state index contributed by atoms with van der Waals surface area (Å²) in [7, 11) is 0. The van der Waals surface area contributed by atoms with Gasteiger partial charge in [0, 0.05) is 10.8 Å². The molecule has 132 valence electrons. The molecule has 0 saturated heterocycles. The first kappa shape index (κ1) is 17.0. The minimum Gasteiger partial charge on any atom is -0.462 e. The molecule has 3 heterocycles. The summed E-state index contributed by atoms with van der Waals surface area (Å²) in [4.78, 5) is 21.4. The maximum absolute atomic E-state index is 10.9. The molecular weight excluding hydrogens is 358 g/mol. The number of hydrogen-bond acceptors (Lipinski definition) is 4. The van der Waals surface area contributed by atoms with Crippen LogP contribution in [-0.4, -0.2) is 17.1 Å². The van der Waals surface area contributed by atoms with Crippen molar-refractivity contribution in [3.05, 3.63) is 89.7 Å². The number of thiophene rings is 1. The molecule has 0 amide bonds. The number of fused-ring (bicyclic) bond motifs is 3. The van der Waals surface area contributed by atoms with E-state index in [9.17, 15) is 9.59 Å². The number of para-hydroxylation sites is 2. The van der Waals surface area contributed by atoms with Crippen LogP contribution in [0.1, 0.15) is 20.2 Å². The van der Waals surface area contributed by atoms with E-state index in [4.69, 9.17) is 0 Å². The van der Waals surface area contributed by atoms with E-state index < -0.39 is 0 Å². The molecule has 27 heavy (non-hydrogen) atoms. The van der Waals surface area contributed by atoms with E-state index in [0.717, 1.165) is 16.2 Å². The van der Waals surface area contributed by atoms with Gasteiger partial charge in [0.2, 0.25) is 0 Å². The maximum Gasteiger partial charge on any atom is 0.185 e. The molecule has 2 aromatic carbocycles. The van der Waals surface area contributed by atoms with E-state index in [1.54, 1.807) is 12.1 Å². The predicted molar refractivity (Wildman–Crippen MR) is 108 cm³/mol. The summed E-state index contributed by atoms with van der Waals surface area (Å²) in [6.07, 6.45) is 3.03. The van der Waals surface area contributed by atoms with Crippen molar-refractivity contribution in [2.45, 2.75) is 0 Å². The number of hydrogen-bond donors (Lipinski definition) is 0. The van der Waals surface area contributed by atoms with Gasteiger partial charge >= 0.3 is 0 Å². The summed E-state index contributed by atoms with van der Waals surface area (Å²) in [6, 6.07) is 23.9. The largest absolute Gasteiger partial charge is 0.462 e. The second kappa shape index (κ2) is 7.43. The third kappa shape index (κ3) is 3.20. The highest BCUT2D eigenvalue weighted by atomic mass is 32.1. The number of rotatable bonds is 3. The standard InChI is InChI=1S/C17H11NOS.C5H4O2/c19-11-12-9-10-17(20-12)18-15-7-3-1-5-13(15)14-6-2-4-8-16(14)18;6-4-5-2-1-3-7-5/h1-11H;1-4H. The SMILES string of the molecule is O=Cc1ccc(-n2c3ccccc3c3ccccc32)s1.O=Cc1ccco1. The van der Waals surface area contributed by atoms with Gasteiger partial charge in [0.25, 0.3) is 0 Å². The Hall–Kier alpha value is -3.44. The number of furan rings is 1. The van der Waals surface area contributed by atoms with Crippen LogP contribution in [0.25, 0.3) is 26.8 Å². The van der Waals surface area contributed by atoms with Crippen LogP contribution in [0.4, 0.5) is 0 Å². The molecule has 4 nitrogen and oxygen atoms in total. The minimum absolute atomic E-state index is 0.375. The van der Waals surface area contributed by atoms with Gasteiger partial charge in [-0.15, -0.1) is 11.3 Å². The van der Waals surface area contributed by atoms with Crippen LogP contribution in [0, 0.1) is 0 Å². The Bertz CT molecular complexity index is 1160. The van der Waals surface area contributed by atoms with Gasteiger partial charge in [0.1, 0.15) is 5.00 Å². The number of carbonyl (C=O) groups excluding carboxylic acids is 2. The molecule has 0 saturated carbocycles. The minimum atomic E-state index is 0.375. The lowest BCUT2D eigenvalue weighted by molar-refractivity contribution is 0.109. The summed E-state index contributed by atoms with van der Waals surface area (Å²) in [6.45, 7) is 0. The summed E-state index contributed by atoms with van der Waals surface area (Å²) < 4.78 is 6.84. The second-order valence-electron chi connectivity index (χ2n) is 5.80. The number of aromatic nitrogens is 1. The summed E-state index contributed by atoms with van der Waals surface area (Å²) in [5.41, 5.74) is 2.35. The lowest BCUT2D eigenvalue weighted by atomic mass is 10.2. The Balaban J connectivity index is 0.000000218. The van der Waals surface area contributed by atoms with Crippen LogP contribution < -0.4 is 0 Å². The fourth-order valence-electron chi connectivity index (χ4n) is 3.04. The van der Waals surface area contributed by atoms with E-state index in [1.807, 2.05) is 24.3 Å². The van der Waals surface area contributed by atoms with Crippen LogP contribution in [0.15, 0.2) is 83.5 Å². The molecule has 0 aliphatic carbocycles. The molecular formula is C22H15NO3S. The van der Waals surface area contributed by atoms with E-state index in [0.29, 0.717) is 12.0 Å². The summed E-state index contributed by atoms with van der Waals surface area (Å²) in [5.74, 6) is 0.375. The molecule has 0 fully saturated rings. The molecule has 0 unspecified atom stereocenters. The van der Waals surface area contributed by atoms with Gasteiger partial charge in [-0.25, -0.2) is 0 Å². The average molecular weight is 373 g/mol. The monoisotopic (exact) mass is 373 g/mol. The molecule has 0 aliphatic heterocycles. The number of aldehydes is 2. The zero-order valence-corrected chi connectivity index (χ0v) is 15.1. The van der Waals surface area contributed by atoms with Crippen molar-refractivity contribution < 1.29 is 14.0 Å². The van der Waals surface area contributed by atoms with Gasteiger partial charge in [-0.05, 0) is 36.4 Å². The quantitative estimate of drug-likeness (QED) is 0.378. The van der Waals surface area contributed by atoms with Crippen molar-refractivity contribution in [1.29, 1.82) is 0 Å². The number of carbonyl (C=O) groups is 2. The third-order valence-electron chi connectivity index (χ3n) is 4.19. The fourth-order valence-corrected chi connectivity index (χ4v) is 3.89. The van der Waals surface area contributed by atoms with Crippen molar-refractivity contribution in [1.82, 2.24) is 4.57 Å². The zero-order chi connectivity index (χ0) is 18.6. The van der Waals surface area contributed by atoms with Crippen LogP contribution in [-0.2, 0) is 0 Å². The second-order valence-corrected chi connectivity index (χ2v) is 6.89. The van der Waals surface area contributed by atoms with E-state index in [1.165, 1.54) is 39.4 Å². The number of benzene rings is 2. The first-order chi connectivity index (χ1) is 13.3. The van der Waals surface area contributed by atoms with Gasteiger partial charge in [-0.2, -0.15) is 0 Å². The molecule has 0 atom stereocenters. The molecule has 5 heteroatoms. The average Bonchev–Trinajstić information content (AvgIpc) is 3.46. The maximum atomic E-state index is 10.9. The van der Waals surface area contributed by atoms with Crippen LogP contribution in [0.3, 0.4) is 0 Å². The van der Waals surface area contributed by atoms with Crippen molar-refractivity contribution in [3.8, 4) is 5.00 Å². The Morgan fingerprint density at radius 3 is 1.89 bits per heavy atom. The van der Waals surface area contributed by atoms with Crippen molar-refractivity contribution in [2.24, 2.45) is 0 Å². The molecule has 5 aromatic rings. The third-order valence-corrected chi connectivity index (χ3v) is 5.18. The van der Waals surface area contributed by atoms with E-state index in [2.05, 4.69) is 45.4 Å². The Morgan fingerprint density at radius 1 is 0.741 bits per heavy atom. The molecule has 0 N–H and O–H groups in total. The van der Waals surface area contributed by atoms with Crippen molar-refractivity contribution in [2.75, 3.05) is 0 Å². The first-order valence-corrected chi connectivity index (χ1v) is 9.15. The highest BCUT2D eigenvalue weighted by Crippen LogP contribution is 2.33. The Labute approximate surface area is 159 Å². The highest BCUT2D eigenvalue weighted by molar-refractivity contribution is 7.16. The van der Waals surface area contributed by atoms with Gasteiger partial charge in [0.05, 0.1) is 22.2 Å². The molecule has 3 aromatic heterocycles. The molecule has 0 spiro atoms. The summed E-state index contributed by atoms with van der Waals surface area (Å²) >= 11 is 1.52. The lowest BCUT2D eigenvalue weighted by Gasteiger charge is -2.03. The van der Waals surface area contributed by atoms with Crippen molar-refractivity contribution in [3.63, 3.8) is 0 Å². The van der Waals surface area contributed by atoms with Gasteiger partial charge < -0.3 is 8.98 Å². The highest BCUT2D eigenvalue weighted by Gasteiger charge is 2.12. The predicted octanol–water partition coefficient (Wildman–Crippen LogP) is 5.75. The van der Waals surface area contributed by atoms with Crippen molar-refractivity contribution >= 4 is 45.7 Å². The fraction of sp³-hybridized carbons (Fsp3) is 0. The van der Waals surface area contributed by atoms with E-state index >= 15 is 0 Å². The summed E-state index contributed by atoms with van der Waals surface area (Å²) in [5, 5.41) is 3.55. The van der Waals surface area contributed by atoms with E-state index in [-0.39, 0.29) is 0 Å². The Morgan fingerprint density at radius 2 is 1.41 bits per heavy atom. The van der Waals surface area contributed by atoms with Gasteiger partial charge in [0.15, 0.2) is 18.3 Å². The normalized spacial score (nSPS) is 10.5. The van der Waals surface area contributed by atoms with Crippen LogP contribution in [0.2, 0.25) is 0 Å². The van der Waals surface area contributed by atoms with Crippen LogP contribution in [0.5, 0.6) is 0 Å². The first-order valence-electron chi connectivity index (χ1n) is 8.34. The van der Waals surface area contributed by atoms with Crippen LogP contribution >= 0.6 is 11.3 Å². The zero-order valence-electron chi connectivity index (χ0n) is 14.2. The van der Waals surface area contributed by atoms with Gasteiger partial charge in [-0.1, -0.05) is 36.4 Å². The lowest BCUT2D eigenvalue weighted by Crippen LogP contribution is -1.89. The molecule has 0 aliphatic rings. The molecule has 0 bridgehead atoms. The smallest absolute Gasteiger partial charge is 0.185 e. The topological polar surface area (TPSA) is 52.2 Å². The number of nitrogens with zero attached hydrogens (tertiary/aromatic N) is 1.